The molecule has 0 atom stereocenters. The van der Waals surface area contributed by atoms with Crippen LogP contribution >= 0.6 is 7.92 Å². The van der Waals surface area contributed by atoms with Crippen molar-refractivity contribution in [3.8, 4) is 0 Å². The Morgan fingerprint density at radius 3 is 1.82 bits per heavy atom. The highest BCUT2D eigenvalue weighted by molar-refractivity contribution is 7.62. The molecule has 1 heteroatoms. The van der Waals surface area contributed by atoms with Crippen molar-refractivity contribution in [2.75, 3.05) is 0 Å². The van der Waals surface area contributed by atoms with Crippen LogP contribution in [0.2, 0.25) is 0 Å². The van der Waals surface area contributed by atoms with Gasteiger partial charge < -0.3 is 0 Å². The first-order valence-corrected chi connectivity index (χ1v) is 8.35. The first kappa shape index (κ1) is 15.2. The van der Waals surface area contributed by atoms with Crippen LogP contribution in [0.15, 0.2) is 11.6 Å². The van der Waals surface area contributed by atoms with Gasteiger partial charge in [0.25, 0.3) is 0 Å². The van der Waals surface area contributed by atoms with E-state index in [-0.39, 0.29) is 7.92 Å². The van der Waals surface area contributed by atoms with E-state index in [9.17, 15) is 0 Å². The molecular formula is C16H31P. The fourth-order valence-corrected chi connectivity index (χ4v) is 10.1. The van der Waals surface area contributed by atoms with Gasteiger partial charge >= 0.3 is 0 Å². The van der Waals surface area contributed by atoms with Gasteiger partial charge in [-0.2, -0.15) is 0 Å². The molecule has 0 bridgehead atoms. The Morgan fingerprint density at radius 1 is 1.12 bits per heavy atom. The summed E-state index contributed by atoms with van der Waals surface area (Å²) in [6.07, 6.45) is 6.27. The average molecular weight is 254 g/mol. The topological polar surface area (TPSA) is 0 Å². The molecule has 17 heavy (non-hydrogen) atoms. The second kappa shape index (κ2) is 4.69. The SMILES string of the molecule is CC=C1CC(C)(C)P(C(C)(C)CC)C(C)(C)C1. The highest BCUT2D eigenvalue weighted by Gasteiger charge is 2.50. The van der Waals surface area contributed by atoms with E-state index in [1.807, 2.05) is 0 Å². The van der Waals surface area contributed by atoms with Gasteiger partial charge in [0.05, 0.1) is 0 Å². The van der Waals surface area contributed by atoms with Gasteiger partial charge in [0.15, 0.2) is 0 Å². The molecular weight excluding hydrogens is 223 g/mol. The predicted molar refractivity (Wildman–Crippen MR) is 82.4 cm³/mol. The van der Waals surface area contributed by atoms with E-state index in [2.05, 4.69) is 61.5 Å². The second-order valence-corrected chi connectivity index (χ2v) is 11.7. The summed E-state index contributed by atoms with van der Waals surface area (Å²) in [6.45, 7) is 19.5. The Balaban J connectivity index is 3.19. The molecule has 0 amide bonds. The number of hydrogen-bond donors (Lipinski definition) is 0. The zero-order valence-electron chi connectivity index (χ0n) is 13.1. The molecule has 1 aliphatic rings. The molecule has 0 spiro atoms. The van der Waals surface area contributed by atoms with Crippen LogP contribution in [0.5, 0.6) is 0 Å². The molecule has 0 aromatic rings. The minimum Gasteiger partial charge on any atom is -0.0886 e. The van der Waals surface area contributed by atoms with Crippen LogP contribution in [0.1, 0.15) is 74.7 Å². The lowest BCUT2D eigenvalue weighted by Crippen LogP contribution is -2.43. The van der Waals surface area contributed by atoms with Crippen LogP contribution in [0.4, 0.5) is 0 Å². The molecule has 1 heterocycles. The molecule has 0 saturated carbocycles. The summed E-state index contributed by atoms with van der Waals surface area (Å²) < 4.78 is 0. The van der Waals surface area contributed by atoms with Gasteiger partial charge in [-0.05, 0) is 41.7 Å². The van der Waals surface area contributed by atoms with Crippen molar-refractivity contribution in [1.29, 1.82) is 0 Å². The van der Waals surface area contributed by atoms with Gasteiger partial charge in [-0.3, -0.25) is 0 Å². The zero-order chi connectivity index (χ0) is 13.5. The molecule has 1 fully saturated rings. The third kappa shape index (κ3) is 2.95. The van der Waals surface area contributed by atoms with Gasteiger partial charge in [0.1, 0.15) is 0 Å². The minimum atomic E-state index is 0.0252. The number of hydrogen-bond acceptors (Lipinski definition) is 0. The zero-order valence-corrected chi connectivity index (χ0v) is 14.0. The van der Waals surface area contributed by atoms with Gasteiger partial charge in [-0.25, -0.2) is 0 Å². The van der Waals surface area contributed by atoms with E-state index >= 15 is 0 Å². The van der Waals surface area contributed by atoms with Crippen LogP contribution in [0.3, 0.4) is 0 Å². The third-order valence-corrected chi connectivity index (χ3v) is 8.67. The van der Waals surface area contributed by atoms with Crippen molar-refractivity contribution in [2.45, 2.75) is 90.1 Å². The maximum Gasteiger partial charge on any atom is -0.0104 e. The van der Waals surface area contributed by atoms with Gasteiger partial charge in [0.2, 0.25) is 0 Å². The van der Waals surface area contributed by atoms with Gasteiger partial charge in [0, 0.05) is 0 Å². The standard InChI is InChI=1S/C16H31P/c1-9-13-11-15(5,6)17(14(3,4)10-2)16(7,8)12-13/h9H,10-12H2,1-8H3. The first-order chi connectivity index (χ1) is 7.57. The summed E-state index contributed by atoms with van der Waals surface area (Å²) in [5.74, 6) is 0. The minimum absolute atomic E-state index is 0.0252. The average Bonchev–Trinajstić information content (AvgIpc) is 2.13. The van der Waals surface area contributed by atoms with Crippen LogP contribution in [-0.2, 0) is 0 Å². The maximum atomic E-state index is 2.50. The summed E-state index contributed by atoms with van der Waals surface area (Å²) >= 11 is 0. The lowest BCUT2D eigenvalue weighted by Gasteiger charge is -2.57. The molecule has 1 saturated heterocycles. The Morgan fingerprint density at radius 2 is 1.53 bits per heavy atom. The highest BCUT2D eigenvalue weighted by Crippen LogP contribution is 2.73. The van der Waals surface area contributed by atoms with Crippen molar-refractivity contribution >= 4 is 7.92 Å². The van der Waals surface area contributed by atoms with Crippen LogP contribution in [0, 0.1) is 0 Å². The Bertz CT molecular complexity index is 287. The van der Waals surface area contributed by atoms with Crippen molar-refractivity contribution in [1.82, 2.24) is 0 Å². The van der Waals surface area contributed by atoms with E-state index in [1.165, 1.54) is 19.3 Å². The molecule has 0 nitrogen and oxygen atoms in total. The molecule has 0 aromatic carbocycles. The summed E-state index contributed by atoms with van der Waals surface area (Å²) in [5.41, 5.74) is 1.67. The predicted octanol–water partition coefficient (Wildman–Crippen LogP) is 5.95. The summed E-state index contributed by atoms with van der Waals surface area (Å²) in [6, 6.07) is 0. The first-order valence-electron chi connectivity index (χ1n) is 7.01. The molecule has 100 valence electrons. The van der Waals surface area contributed by atoms with Crippen molar-refractivity contribution in [3.05, 3.63) is 11.6 Å². The third-order valence-electron chi connectivity index (χ3n) is 4.41. The lowest BCUT2D eigenvalue weighted by molar-refractivity contribution is 0.512. The largest absolute Gasteiger partial charge is 0.0886 e. The monoisotopic (exact) mass is 254 g/mol. The van der Waals surface area contributed by atoms with E-state index in [1.54, 1.807) is 5.57 Å². The van der Waals surface area contributed by atoms with Crippen molar-refractivity contribution in [2.24, 2.45) is 0 Å². The lowest BCUT2D eigenvalue weighted by atomic mass is 9.92. The molecule has 0 radical (unpaired) electrons. The Hall–Kier alpha value is 0.170. The fraction of sp³-hybridized carbons (Fsp3) is 0.875. The molecule has 0 unspecified atom stereocenters. The van der Waals surface area contributed by atoms with Gasteiger partial charge in [-0.1, -0.05) is 68.0 Å². The van der Waals surface area contributed by atoms with E-state index < -0.39 is 0 Å². The van der Waals surface area contributed by atoms with Crippen LogP contribution < -0.4 is 0 Å². The summed E-state index contributed by atoms with van der Waals surface area (Å²) in [4.78, 5) is 0. The summed E-state index contributed by atoms with van der Waals surface area (Å²) in [7, 11) is 0.0252. The Labute approximate surface area is 110 Å². The highest BCUT2D eigenvalue weighted by atomic mass is 31.1. The molecule has 0 aliphatic carbocycles. The van der Waals surface area contributed by atoms with Gasteiger partial charge in [-0.15, -0.1) is 0 Å². The number of rotatable bonds is 2. The van der Waals surface area contributed by atoms with Crippen LogP contribution in [0.25, 0.3) is 0 Å². The maximum absolute atomic E-state index is 2.50. The van der Waals surface area contributed by atoms with Crippen molar-refractivity contribution < 1.29 is 0 Å². The smallest absolute Gasteiger partial charge is 0.0104 e. The molecule has 1 rings (SSSR count). The number of allylic oxidation sites excluding steroid dienone is 2. The quantitative estimate of drug-likeness (QED) is 0.421. The van der Waals surface area contributed by atoms with E-state index in [0.29, 0.717) is 15.5 Å². The molecule has 0 N–H and O–H groups in total. The second-order valence-electron chi connectivity index (χ2n) is 7.43. The van der Waals surface area contributed by atoms with E-state index in [0.717, 1.165) is 0 Å². The molecule has 0 aromatic heterocycles. The van der Waals surface area contributed by atoms with Crippen molar-refractivity contribution in [3.63, 3.8) is 0 Å². The normalized spacial score (nSPS) is 28.0. The summed E-state index contributed by atoms with van der Waals surface area (Å²) in [5, 5.41) is 1.47. The fourth-order valence-electron chi connectivity index (χ4n) is 4.15. The molecule has 1 aliphatic heterocycles. The van der Waals surface area contributed by atoms with E-state index in [4.69, 9.17) is 0 Å². The Kier molecular flexibility index (Phi) is 4.20. The van der Waals surface area contributed by atoms with Crippen LogP contribution in [-0.4, -0.2) is 15.5 Å².